The maximum Gasteiger partial charge on any atom is 0.412 e. The van der Waals surface area contributed by atoms with E-state index in [-0.39, 0.29) is 24.9 Å². The van der Waals surface area contributed by atoms with E-state index in [0.29, 0.717) is 37.3 Å². The van der Waals surface area contributed by atoms with Gasteiger partial charge in [0.25, 0.3) is 0 Å². The average molecular weight is 792 g/mol. The van der Waals surface area contributed by atoms with Crippen molar-refractivity contribution in [1.82, 2.24) is 10.6 Å². The lowest BCUT2D eigenvalue weighted by atomic mass is 9.81. The lowest BCUT2D eigenvalue weighted by Gasteiger charge is -2.40. The number of carbonyl (C=O) groups excluding carboxylic acids is 4. The number of benzene rings is 2. The van der Waals surface area contributed by atoms with Crippen molar-refractivity contribution in [3.63, 3.8) is 0 Å². The summed E-state index contributed by atoms with van der Waals surface area (Å²) in [5.74, 6) is -1.49. The Morgan fingerprint density at radius 3 is 1.57 bits per heavy atom. The van der Waals surface area contributed by atoms with E-state index in [0.717, 1.165) is 43.5 Å². The number of nitrogens with zero attached hydrogens (tertiary/aromatic N) is 2. The van der Waals surface area contributed by atoms with Crippen LogP contribution in [0.3, 0.4) is 0 Å². The molecule has 4 amide bonds. The molecular formula is C38H62FN9O8. The Morgan fingerprint density at radius 2 is 1.20 bits per heavy atom. The summed E-state index contributed by atoms with van der Waals surface area (Å²) in [5, 5.41) is 21.6. The van der Waals surface area contributed by atoms with Gasteiger partial charge in [0.1, 0.15) is 16.7 Å². The monoisotopic (exact) mass is 791 g/mol. The Hall–Kier alpha value is -5.23. The molecule has 17 nitrogen and oxygen atoms in total. The third-order valence-corrected chi connectivity index (χ3v) is 9.03. The number of halogens is 1. The fraction of sp³-hybridized carbons (Fsp3) is 0.579. The minimum Gasteiger partial charge on any atom is -0.444 e. The lowest BCUT2D eigenvalue weighted by Crippen LogP contribution is -2.59. The molecule has 56 heavy (non-hydrogen) atoms. The van der Waals surface area contributed by atoms with Gasteiger partial charge >= 0.3 is 17.9 Å². The van der Waals surface area contributed by atoms with Crippen molar-refractivity contribution in [3.8, 4) is 0 Å². The summed E-state index contributed by atoms with van der Waals surface area (Å²) in [6.07, 6.45) is 5.19. The summed E-state index contributed by atoms with van der Waals surface area (Å²) in [5.41, 5.74) is 16.1. The molecule has 2 aromatic carbocycles. The lowest BCUT2D eigenvalue weighted by molar-refractivity contribution is -0.387. The molecule has 0 aromatic heterocycles. The SMILES string of the molecule is C.CC(C)(C)OC(=O)Nc1ccc(F)c([N+](=O)[O-])c1.CNC1(C(N)=O)CCCCC1.CNC1(C(N)=O)CCN(c2ccc(NC(=O)OC(C)(C)C)cc2N)CC1. The summed E-state index contributed by atoms with van der Waals surface area (Å²) in [6, 6.07) is 8.39. The van der Waals surface area contributed by atoms with Crippen molar-refractivity contribution in [2.24, 2.45) is 11.5 Å². The van der Waals surface area contributed by atoms with E-state index >= 15 is 0 Å². The molecule has 1 aliphatic heterocycles. The Bertz CT molecular complexity index is 1660. The maximum atomic E-state index is 13.0. The maximum absolute atomic E-state index is 13.0. The van der Waals surface area contributed by atoms with Crippen LogP contribution in [0, 0.1) is 15.9 Å². The van der Waals surface area contributed by atoms with Gasteiger partial charge in [0, 0.05) is 24.8 Å². The first-order valence-electron chi connectivity index (χ1n) is 18.0. The van der Waals surface area contributed by atoms with Gasteiger partial charge in [-0.3, -0.25) is 30.3 Å². The van der Waals surface area contributed by atoms with Crippen LogP contribution in [0.1, 0.15) is 93.9 Å². The van der Waals surface area contributed by atoms with Crippen LogP contribution in [0.5, 0.6) is 0 Å². The number of ether oxygens (including phenoxy) is 2. The molecule has 18 heteroatoms. The number of anilines is 4. The van der Waals surface area contributed by atoms with E-state index in [1.165, 1.54) is 12.5 Å². The zero-order chi connectivity index (χ0) is 41.8. The van der Waals surface area contributed by atoms with Crippen LogP contribution in [-0.2, 0) is 19.1 Å². The highest BCUT2D eigenvalue weighted by Crippen LogP contribution is 2.32. The second-order valence-corrected chi connectivity index (χ2v) is 15.4. The van der Waals surface area contributed by atoms with Gasteiger partial charge in [-0.05, 0) is 112 Å². The van der Waals surface area contributed by atoms with E-state index in [1.54, 1.807) is 60.7 Å². The van der Waals surface area contributed by atoms with Crippen LogP contribution in [0.15, 0.2) is 36.4 Å². The fourth-order valence-corrected chi connectivity index (χ4v) is 6.02. The molecule has 1 saturated carbocycles. The molecule has 2 aliphatic rings. The van der Waals surface area contributed by atoms with E-state index in [2.05, 4.69) is 26.2 Å². The molecule has 0 bridgehead atoms. The molecule has 0 spiro atoms. The number of nitrogens with one attached hydrogen (secondary N) is 4. The summed E-state index contributed by atoms with van der Waals surface area (Å²) in [4.78, 5) is 57.8. The number of piperidine rings is 1. The standard InChI is InChI=1S/C18H29N5O3.C11H13FN2O4.C8H16N2O.CH4/c1-17(2,3)26-16(25)22-12-5-6-14(13(19)11-12)23-9-7-18(21-4,8-10-23)15(20)24;1-11(2,3)18-10(15)13-7-4-5-8(12)9(6-7)14(16)17;1-10-8(7(9)11)5-3-2-4-6-8;/h5-6,11,21H,7-10,19H2,1-4H3,(H2,20,24)(H,22,25);4-6H,1-3H3,(H,13,15);10H,2-6H2,1H3,(H2,9,11);1H4. The first-order chi connectivity index (χ1) is 25.5. The quantitative estimate of drug-likeness (QED) is 0.0955. The van der Waals surface area contributed by atoms with Gasteiger partial charge in [0.05, 0.1) is 27.5 Å². The number of hydrogen-bond acceptors (Lipinski definition) is 12. The predicted octanol–water partition coefficient (Wildman–Crippen LogP) is 5.77. The molecule has 1 aliphatic carbocycles. The zero-order valence-electron chi connectivity index (χ0n) is 33.1. The van der Waals surface area contributed by atoms with Crippen LogP contribution in [-0.4, -0.2) is 78.4 Å². The van der Waals surface area contributed by atoms with Crippen LogP contribution >= 0.6 is 0 Å². The smallest absolute Gasteiger partial charge is 0.412 e. The summed E-state index contributed by atoms with van der Waals surface area (Å²) in [7, 11) is 3.57. The molecule has 2 fully saturated rings. The highest BCUT2D eigenvalue weighted by molar-refractivity contribution is 5.88. The van der Waals surface area contributed by atoms with Crippen LogP contribution in [0.25, 0.3) is 0 Å². The first-order valence-corrected chi connectivity index (χ1v) is 18.0. The van der Waals surface area contributed by atoms with Gasteiger partial charge in [-0.2, -0.15) is 4.39 Å². The molecule has 1 heterocycles. The Kier molecular flexibility index (Phi) is 18.0. The molecule has 314 valence electrons. The molecule has 0 unspecified atom stereocenters. The van der Waals surface area contributed by atoms with E-state index in [9.17, 15) is 33.7 Å². The summed E-state index contributed by atoms with van der Waals surface area (Å²) < 4.78 is 23.2. The minimum atomic E-state index is -0.963. The van der Waals surface area contributed by atoms with Crippen molar-refractivity contribution in [3.05, 3.63) is 52.3 Å². The number of hydrogen-bond donors (Lipinski definition) is 7. The molecule has 0 atom stereocenters. The largest absolute Gasteiger partial charge is 0.444 e. The van der Waals surface area contributed by atoms with Gasteiger partial charge in [-0.25, -0.2) is 9.59 Å². The third kappa shape index (κ3) is 14.8. The highest BCUT2D eigenvalue weighted by Gasteiger charge is 2.39. The third-order valence-electron chi connectivity index (χ3n) is 9.03. The second kappa shape index (κ2) is 20.6. The Labute approximate surface area is 329 Å². The van der Waals surface area contributed by atoms with Crippen molar-refractivity contribution < 1.29 is 38.0 Å². The molecular weight excluding hydrogens is 729 g/mol. The number of carbonyl (C=O) groups is 4. The normalized spacial score (nSPS) is 15.8. The summed E-state index contributed by atoms with van der Waals surface area (Å²) in [6.45, 7) is 11.8. The molecule has 2 aromatic rings. The van der Waals surface area contributed by atoms with Gasteiger partial charge in [-0.1, -0.05) is 26.7 Å². The Balaban J connectivity index is 0.000000453. The van der Waals surface area contributed by atoms with Gasteiger partial charge in [-0.15, -0.1) is 0 Å². The highest BCUT2D eigenvalue weighted by atomic mass is 19.1. The number of nitro benzene ring substituents is 1. The van der Waals surface area contributed by atoms with Crippen LogP contribution in [0.4, 0.5) is 42.4 Å². The van der Waals surface area contributed by atoms with Crippen molar-refractivity contribution in [1.29, 1.82) is 0 Å². The first kappa shape index (κ1) is 48.8. The van der Waals surface area contributed by atoms with E-state index < -0.39 is 50.9 Å². The van der Waals surface area contributed by atoms with E-state index in [4.69, 9.17) is 26.7 Å². The molecule has 10 N–H and O–H groups in total. The van der Waals surface area contributed by atoms with E-state index in [1.807, 2.05) is 13.1 Å². The van der Waals surface area contributed by atoms with Gasteiger partial charge in [0.15, 0.2) is 0 Å². The number of amides is 4. The van der Waals surface area contributed by atoms with Crippen molar-refractivity contribution in [2.45, 2.75) is 116 Å². The zero-order valence-corrected chi connectivity index (χ0v) is 33.1. The number of nitrogens with two attached hydrogens (primary N) is 3. The number of primary amides is 2. The van der Waals surface area contributed by atoms with Gasteiger partial charge < -0.3 is 42.2 Å². The number of likely N-dealkylation sites (N-methyl/N-ethyl adjacent to an activating group) is 2. The summed E-state index contributed by atoms with van der Waals surface area (Å²) >= 11 is 0. The van der Waals surface area contributed by atoms with Gasteiger partial charge in [0.2, 0.25) is 17.6 Å². The second-order valence-electron chi connectivity index (χ2n) is 15.4. The number of rotatable bonds is 8. The predicted molar refractivity (Wildman–Crippen MR) is 217 cm³/mol. The number of nitro groups is 1. The molecule has 1 saturated heterocycles. The molecule has 0 radical (unpaired) electrons. The van der Waals surface area contributed by atoms with Crippen LogP contribution in [0.2, 0.25) is 0 Å². The topological polar surface area (TPSA) is 259 Å². The molecule has 4 rings (SSSR count). The Morgan fingerprint density at radius 1 is 0.768 bits per heavy atom. The van der Waals surface area contributed by atoms with Crippen molar-refractivity contribution >= 4 is 52.4 Å². The average Bonchev–Trinajstić information content (AvgIpc) is 3.08. The number of nitrogen functional groups attached to an aromatic ring is 1. The fourth-order valence-electron chi connectivity index (χ4n) is 6.02. The van der Waals surface area contributed by atoms with Crippen LogP contribution < -0.4 is 43.4 Å². The minimum absolute atomic E-state index is 0. The van der Waals surface area contributed by atoms with Crippen molar-refractivity contribution in [2.75, 3.05) is 48.5 Å².